The topological polar surface area (TPSA) is 67.4 Å². The second-order valence-corrected chi connectivity index (χ2v) is 5.24. The van der Waals surface area contributed by atoms with Crippen molar-refractivity contribution in [2.24, 2.45) is 0 Å². The number of nitrogens with one attached hydrogen (secondary N) is 2. The number of carbonyl (C=O) groups is 2. The molecule has 0 aromatic heterocycles. The molecule has 0 saturated heterocycles. The molecule has 0 aliphatic carbocycles. The Bertz CT molecular complexity index is 726. The summed E-state index contributed by atoms with van der Waals surface area (Å²) in [4.78, 5) is 23.8. The first kappa shape index (κ1) is 16.5. The molecule has 0 unspecified atom stereocenters. The van der Waals surface area contributed by atoms with E-state index in [1.54, 1.807) is 24.3 Å². The summed E-state index contributed by atoms with van der Waals surface area (Å²) in [5, 5.41) is 5.79. The number of rotatable bonds is 5. The lowest BCUT2D eigenvalue weighted by molar-refractivity contribution is -0.114. The van der Waals surface area contributed by atoms with E-state index in [2.05, 4.69) is 10.6 Å². The van der Waals surface area contributed by atoms with E-state index in [1.165, 1.54) is 12.7 Å². The highest BCUT2D eigenvalue weighted by Gasteiger charge is 2.13. The Labute approximate surface area is 135 Å². The van der Waals surface area contributed by atoms with Gasteiger partial charge < -0.3 is 15.4 Å². The first-order valence-electron chi connectivity index (χ1n) is 7.29. The Kier molecular flexibility index (Phi) is 5.36. The van der Waals surface area contributed by atoms with Crippen LogP contribution in [0.25, 0.3) is 0 Å². The van der Waals surface area contributed by atoms with Crippen molar-refractivity contribution in [1.82, 2.24) is 0 Å². The second kappa shape index (κ2) is 7.45. The lowest BCUT2D eigenvalue weighted by atomic mass is 10.1. The molecular formula is C18H20N2O3. The molecular weight excluding hydrogens is 292 g/mol. The largest absolute Gasteiger partial charge is 0.465 e. The van der Waals surface area contributed by atoms with Gasteiger partial charge in [0.25, 0.3) is 0 Å². The van der Waals surface area contributed by atoms with Gasteiger partial charge in [-0.05, 0) is 49.2 Å². The third-order valence-electron chi connectivity index (χ3n) is 3.57. The summed E-state index contributed by atoms with van der Waals surface area (Å²) < 4.78 is 4.71. The quantitative estimate of drug-likeness (QED) is 0.832. The number of methoxy groups -OCH3 is 1. The molecule has 2 aromatic carbocycles. The van der Waals surface area contributed by atoms with Crippen molar-refractivity contribution in [1.29, 1.82) is 0 Å². The van der Waals surface area contributed by atoms with Crippen LogP contribution in [0.2, 0.25) is 0 Å². The molecule has 120 valence electrons. The number of esters is 1. The fourth-order valence-corrected chi connectivity index (χ4v) is 2.11. The molecule has 0 saturated carbocycles. The Balaban J connectivity index is 2.00. The van der Waals surface area contributed by atoms with E-state index < -0.39 is 5.97 Å². The predicted molar refractivity (Wildman–Crippen MR) is 90.8 cm³/mol. The van der Waals surface area contributed by atoms with Gasteiger partial charge >= 0.3 is 5.97 Å². The molecule has 0 heterocycles. The molecule has 23 heavy (non-hydrogen) atoms. The Morgan fingerprint density at radius 3 is 2.48 bits per heavy atom. The summed E-state index contributed by atoms with van der Waals surface area (Å²) in [5.41, 5.74) is 4.00. The van der Waals surface area contributed by atoms with Gasteiger partial charge in [-0.15, -0.1) is 0 Å². The zero-order valence-corrected chi connectivity index (χ0v) is 13.5. The molecule has 0 bridgehead atoms. The third kappa shape index (κ3) is 4.32. The number of aryl methyl sites for hydroxylation is 2. The number of hydrogen-bond donors (Lipinski definition) is 2. The molecule has 2 N–H and O–H groups in total. The predicted octanol–water partition coefficient (Wildman–Crippen LogP) is 3.14. The molecule has 1 amide bonds. The fraction of sp³-hybridized carbons (Fsp3) is 0.222. The monoisotopic (exact) mass is 312 g/mol. The standard InChI is InChI=1S/C18H20N2O3/c1-12-8-9-14(10-13(12)2)19-11-17(21)20-16-7-5-4-6-15(16)18(22)23-3/h4-10,19H,11H2,1-3H3,(H,20,21). The summed E-state index contributed by atoms with van der Waals surface area (Å²) in [6.45, 7) is 4.17. The van der Waals surface area contributed by atoms with Crippen LogP contribution < -0.4 is 10.6 Å². The van der Waals surface area contributed by atoms with E-state index in [0.717, 1.165) is 11.3 Å². The maximum Gasteiger partial charge on any atom is 0.339 e. The zero-order chi connectivity index (χ0) is 16.8. The number of anilines is 2. The van der Waals surface area contributed by atoms with Crippen LogP contribution in [-0.4, -0.2) is 25.5 Å². The average Bonchev–Trinajstić information content (AvgIpc) is 2.55. The highest BCUT2D eigenvalue weighted by Crippen LogP contribution is 2.16. The van der Waals surface area contributed by atoms with E-state index in [4.69, 9.17) is 4.74 Å². The summed E-state index contributed by atoms with van der Waals surface area (Å²) in [7, 11) is 1.31. The van der Waals surface area contributed by atoms with Crippen molar-refractivity contribution in [3.8, 4) is 0 Å². The van der Waals surface area contributed by atoms with Crippen LogP contribution in [0.1, 0.15) is 21.5 Å². The van der Waals surface area contributed by atoms with Crippen LogP contribution in [0, 0.1) is 13.8 Å². The number of para-hydroxylation sites is 1. The third-order valence-corrected chi connectivity index (χ3v) is 3.57. The highest BCUT2D eigenvalue weighted by atomic mass is 16.5. The molecule has 0 atom stereocenters. The number of carbonyl (C=O) groups excluding carboxylic acids is 2. The van der Waals surface area contributed by atoms with Gasteiger partial charge in [-0.1, -0.05) is 18.2 Å². The first-order valence-corrected chi connectivity index (χ1v) is 7.29. The van der Waals surface area contributed by atoms with Crippen molar-refractivity contribution in [2.45, 2.75) is 13.8 Å². The highest BCUT2D eigenvalue weighted by molar-refractivity contribution is 6.02. The van der Waals surface area contributed by atoms with Crippen molar-refractivity contribution in [3.63, 3.8) is 0 Å². The number of amides is 1. The minimum absolute atomic E-state index is 0.109. The Morgan fingerprint density at radius 2 is 1.78 bits per heavy atom. The van der Waals surface area contributed by atoms with Crippen LogP contribution in [-0.2, 0) is 9.53 Å². The summed E-state index contributed by atoms with van der Waals surface area (Å²) >= 11 is 0. The second-order valence-electron chi connectivity index (χ2n) is 5.24. The number of benzene rings is 2. The van der Waals surface area contributed by atoms with Crippen molar-refractivity contribution < 1.29 is 14.3 Å². The van der Waals surface area contributed by atoms with Crippen molar-refractivity contribution in [3.05, 3.63) is 59.2 Å². The van der Waals surface area contributed by atoms with Crippen LogP contribution in [0.3, 0.4) is 0 Å². The maximum atomic E-state index is 12.1. The van der Waals surface area contributed by atoms with E-state index in [0.29, 0.717) is 11.3 Å². The smallest absolute Gasteiger partial charge is 0.339 e. The van der Waals surface area contributed by atoms with E-state index in [9.17, 15) is 9.59 Å². The van der Waals surface area contributed by atoms with E-state index in [-0.39, 0.29) is 12.5 Å². The average molecular weight is 312 g/mol. The minimum atomic E-state index is -0.483. The summed E-state index contributed by atoms with van der Waals surface area (Å²) in [5.74, 6) is -0.720. The van der Waals surface area contributed by atoms with Gasteiger partial charge in [0, 0.05) is 5.69 Å². The van der Waals surface area contributed by atoms with E-state index >= 15 is 0 Å². The Morgan fingerprint density at radius 1 is 1.04 bits per heavy atom. The molecule has 0 radical (unpaired) electrons. The summed E-state index contributed by atoms with van der Waals surface area (Å²) in [6, 6.07) is 12.7. The molecule has 5 nitrogen and oxygen atoms in total. The van der Waals surface area contributed by atoms with Gasteiger partial charge in [-0.3, -0.25) is 4.79 Å². The zero-order valence-electron chi connectivity index (χ0n) is 13.5. The van der Waals surface area contributed by atoms with Crippen LogP contribution >= 0.6 is 0 Å². The van der Waals surface area contributed by atoms with E-state index in [1.807, 2.05) is 32.0 Å². The van der Waals surface area contributed by atoms with Crippen LogP contribution in [0.4, 0.5) is 11.4 Å². The van der Waals surface area contributed by atoms with Gasteiger partial charge in [0.2, 0.25) is 5.91 Å². The van der Waals surface area contributed by atoms with Gasteiger partial charge in [-0.2, -0.15) is 0 Å². The number of ether oxygens (including phenoxy) is 1. The lowest BCUT2D eigenvalue weighted by Gasteiger charge is -2.11. The van der Waals surface area contributed by atoms with Crippen LogP contribution in [0.5, 0.6) is 0 Å². The van der Waals surface area contributed by atoms with Gasteiger partial charge in [0.05, 0.1) is 24.9 Å². The summed E-state index contributed by atoms with van der Waals surface area (Å²) in [6.07, 6.45) is 0. The van der Waals surface area contributed by atoms with Gasteiger partial charge in [0.15, 0.2) is 0 Å². The van der Waals surface area contributed by atoms with Gasteiger partial charge in [0.1, 0.15) is 0 Å². The number of hydrogen-bond acceptors (Lipinski definition) is 4. The molecule has 2 aromatic rings. The lowest BCUT2D eigenvalue weighted by Crippen LogP contribution is -2.23. The normalized spacial score (nSPS) is 10.0. The van der Waals surface area contributed by atoms with Crippen LogP contribution in [0.15, 0.2) is 42.5 Å². The van der Waals surface area contributed by atoms with Crippen molar-refractivity contribution >= 4 is 23.3 Å². The SMILES string of the molecule is COC(=O)c1ccccc1NC(=O)CNc1ccc(C)c(C)c1. The molecule has 2 rings (SSSR count). The minimum Gasteiger partial charge on any atom is -0.465 e. The molecule has 0 aliphatic heterocycles. The van der Waals surface area contributed by atoms with Crippen molar-refractivity contribution in [2.75, 3.05) is 24.3 Å². The van der Waals surface area contributed by atoms with Gasteiger partial charge in [-0.25, -0.2) is 4.79 Å². The Hall–Kier alpha value is -2.82. The molecule has 0 fully saturated rings. The fourth-order valence-electron chi connectivity index (χ4n) is 2.11. The molecule has 0 aliphatic rings. The maximum absolute atomic E-state index is 12.1. The first-order chi connectivity index (χ1) is 11.0. The molecule has 5 heteroatoms. The molecule has 0 spiro atoms.